The Morgan fingerprint density at radius 3 is 2.88 bits per heavy atom. The normalized spacial score (nSPS) is 16.7. The van der Waals surface area contributed by atoms with E-state index in [4.69, 9.17) is 10.00 Å². The number of nitriles is 1. The number of ether oxygens (including phenoxy) is 1. The smallest absolute Gasteiger partial charge is 0.254 e. The van der Waals surface area contributed by atoms with Gasteiger partial charge in [-0.3, -0.25) is 4.79 Å². The topological polar surface area (TPSA) is 73.6 Å². The van der Waals surface area contributed by atoms with Crippen LogP contribution in [0.15, 0.2) is 48.5 Å². The van der Waals surface area contributed by atoms with E-state index in [0.717, 1.165) is 5.56 Å². The van der Waals surface area contributed by atoms with Crippen molar-refractivity contribution in [3.05, 3.63) is 65.2 Å². The Hall–Kier alpha value is -2.84. The highest BCUT2D eigenvalue weighted by Crippen LogP contribution is 2.19. The average Bonchev–Trinajstić information content (AvgIpc) is 3.06. The van der Waals surface area contributed by atoms with Crippen LogP contribution in [0, 0.1) is 11.3 Å². The van der Waals surface area contributed by atoms with Gasteiger partial charge in [0.05, 0.1) is 17.7 Å². The van der Waals surface area contributed by atoms with E-state index in [0.29, 0.717) is 36.4 Å². The number of aliphatic hydroxyl groups is 1. The van der Waals surface area contributed by atoms with Gasteiger partial charge in [-0.25, -0.2) is 0 Å². The van der Waals surface area contributed by atoms with Gasteiger partial charge in [-0.1, -0.05) is 24.3 Å². The molecule has 1 N–H and O–H groups in total. The fraction of sp³-hybridized carbons (Fsp3) is 0.263. The predicted octanol–water partition coefficient (Wildman–Crippen LogP) is 2.34. The summed E-state index contributed by atoms with van der Waals surface area (Å²) in [6.07, 6.45) is 0.184. The molecule has 1 aliphatic heterocycles. The van der Waals surface area contributed by atoms with Crippen LogP contribution in [-0.2, 0) is 6.61 Å². The molecule has 1 heterocycles. The Morgan fingerprint density at radius 1 is 1.29 bits per heavy atom. The maximum atomic E-state index is 12.4. The largest absolute Gasteiger partial charge is 0.489 e. The van der Waals surface area contributed by atoms with Crippen molar-refractivity contribution in [2.24, 2.45) is 0 Å². The molecule has 3 rings (SSSR count). The number of hydrogen-bond acceptors (Lipinski definition) is 4. The minimum Gasteiger partial charge on any atom is -0.489 e. The van der Waals surface area contributed by atoms with Crippen molar-refractivity contribution in [1.82, 2.24) is 4.90 Å². The van der Waals surface area contributed by atoms with Gasteiger partial charge in [-0.05, 0) is 30.7 Å². The minimum absolute atomic E-state index is 0.102. The van der Waals surface area contributed by atoms with Gasteiger partial charge in [-0.15, -0.1) is 0 Å². The molecule has 1 aliphatic rings. The Kier molecular flexibility index (Phi) is 4.78. The van der Waals surface area contributed by atoms with E-state index in [9.17, 15) is 9.90 Å². The molecule has 0 bridgehead atoms. The van der Waals surface area contributed by atoms with E-state index in [-0.39, 0.29) is 12.5 Å². The Labute approximate surface area is 140 Å². The number of carbonyl (C=O) groups excluding carboxylic acids is 1. The average molecular weight is 322 g/mol. The van der Waals surface area contributed by atoms with E-state index in [1.807, 2.05) is 18.2 Å². The van der Waals surface area contributed by atoms with Crippen molar-refractivity contribution < 1.29 is 14.6 Å². The Balaban J connectivity index is 1.69. The second-order valence-electron chi connectivity index (χ2n) is 5.78. The van der Waals surface area contributed by atoms with Gasteiger partial charge in [0, 0.05) is 24.2 Å². The van der Waals surface area contributed by atoms with E-state index in [1.165, 1.54) is 0 Å². The maximum Gasteiger partial charge on any atom is 0.254 e. The molecule has 1 saturated heterocycles. The number of aliphatic hydroxyl groups excluding tert-OH is 1. The lowest BCUT2D eigenvalue weighted by Crippen LogP contribution is -2.29. The van der Waals surface area contributed by atoms with Gasteiger partial charge in [-0.2, -0.15) is 5.26 Å². The highest BCUT2D eigenvalue weighted by atomic mass is 16.5. The lowest BCUT2D eigenvalue weighted by molar-refractivity contribution is 0.0764. The molecule has 0 radical (unpaired) electrons. The summed E-state index contributed by atoms with van der Waals surface area (Å²) in [4.78, 5) is 14.1. The molecule has 0 aliphatic carbocycles. The standard InChI is InChI=1S/C19H18N2O3/c20-11-15-4-1-2-5-16(15)13-24-18-7-3-6-14(10-18)19(23)21-9-8-17(22)12-21/h1-7,10,17,22H,8-9,12-13H2/t17-/m1/s1. The fourth-order valence-electron chi connectivity index (χ4n) is 2.74. The highest BCUT2D eigenvalue weighted by Gasteiger charge is 2.25. The number of amides is 1. The molecule has 0 aromatic heterocycles. The molecule has 5 nitrogen and oxygen atoms in total. The summed E-state index contributed by atoms with van der Waals surface area (Å²) in [7, 11) is 0. The van der Waals surface area contributed by atoms with Gasteiger partial charge in [0.1, 0.15) is 12.4 Å². The summed E-state index contributed by atoms with van der Waals surface area (Å²) in [5.41, 5.74) is 1.92. The number of benzene rings is 2. The Bertz CT molecular complexity index is 782. The third kappa shape index (κ3) is 3.55. The monoisotopic (exact) mass is 322 g/mol. The molecular weight excluding hydrogens is 304 g/mol. The SMILES string of the molecule is N#Cc1ccccc1COc1cccc(C(=O)N2CC[C@@H](O)C2)c1. The lowest BCUT2D eigenvalue weighted by atomic mass is 10.1. The molecule has 24 heavy (non-hydrogen) atoms. The molecular formula is C19H18N2O3. The van der Waals surface area contributed by atoms with Crippen LogP contribution in [-0.4, -0.2) is 35.1 Å². The number of likely N-dealkylation sites (tertiary alicyclic amines) is 1. The van der Waals surface area contributed by atoms with Crippen molar-refractivity contribution in [3.63, 3.8) is 0 Å². The van der Waals surface area contributed by atoms with Crippen molar-refractivity contribution in [2.75, 3.05) is 13.1 Å². The summed E-state index contributed by atoms with van der Waals surface area (Å²) in [6, 6.07) is 16.4. The molecule has 0 saturated carbocycles. The zero-order chi connectivity index (χ0) is 16.9. The molecule has 2 aromatic rings. The predicted molar refractivity (Wildman–Crippen MR) is 88.5 cm³/mol. The number of rotatable bonds is 4. The van der Waals surface area contributed by atoms with Crippen LogP contribution >= 0.6 is 0 Å². The van der Waals surface area contributed by atoms with Crippen molar-refractivity contribution >= 4 is 5.91 Å². The number of β-amino-alcohol motifs (C(OH)–C–C–N with tert-alkyl or cyclic N) is 1. The summed E-state index contributed by atoms with van der Waals surface area (Å²) in [5.74, 6) is 0.475. The molecule has 2 aromatic carbocycles. The van der Waals surface area contributed by atoms with E-state index in [2.05, 4.69) is 6.07 Å². The van der Waals surface area contributed by atoms with E-state index >= 15 is 0 Å². The molecule has 1 fully saturated rings. The van der Waals surface area contributed by atoms with Crippen molar-refractivity contribution in [3.8, 4) is 11.8 Å². The summed E-state index contributed by atoms with van der Waals surface area (Å²) < 4.78 is 5.74. The number of hydrogen-bond donors (Lipinski definition) is 1. The van der Waals surface area contributed by atoms with Crippen LogP contribution in [0.5, 0.6) is 5.75 Å². The molecule has 1 amide bonds. The van der Waals surface area contributed by atoms with Crippen LogP contribution in [0.2, 0.25) is 0 Å². The molecule has 122 valence electrons. The van der Waals surface area contributed by atoms with Gasteiger partial charge in [0.15, 0.2) is 0 Å². The maximum absolute atomic E-state index is 12.4. The first-order valence-electron chi connectivity index (χ1n) is 7.85. The molecule has 1 atom stereocenters. The highest BCUT2D eigenvalue weighted by molar-refractivity contribution is 5.94. The van der Waals surface area contributed by atoms with Crippen LogP contribution in [0.1, 0.15) is 27.9 Å². The first-order chi connectivity index (χ1) is 11.7. The van der Waals surface area contributed by atoms with Gasteiger partial charge >= 0.3 is 0 Å². The zero-order valence-corrected chi connectivity index (χ0v) is 13.2. The second-order valence-corrected chi connectivity index (χ2v) is 5.78. The fourth-order valence-corrected chi connectivity index (χ4v) is 2.74. The van der Waals surface area contributed by atoms with E-state index < -0.39 is 6.10 Å². The minimum atomic E-state index is -0.434. The third-order valence-corrected chi connectivity index (χ3v) is 4.06. The van der Waals surface area contributed by atoms with Crippen LogP contribution in [0.3, 0.4) is 0 Å². The molecule has 0 spiro atoms. The van der Waals surface area contributed by atoms with Crippen molar-refractivity contribution in [1.29, 1.82) is 5.26 Å². The summed E-state index contributed by atoms with van der Waals surface area (Å²) >= 11 is 0. The van der Waals surface area contributed by atoms with Crippen LogP contribution in [0.25, 0.3) is 0 Å². The van der Waals surface area contributed by atoms with Crippen molar-refractivity contribution in [2.45, 2.75) is 19.1 Å². The quantitative estimate of drug-likeness (QED) is 0.937. The molecule has 0 unspecified atom stereocenters. The second kappa shape index (κ2) is 7.16. The van der Waals surface area contributed by atoms with Gasteiger partial charge < -0.3 is 14.7 Å². The van der Waals surface area contributed by atoms with Crippen LogP contribution < -0.4 is 4.74 Å². The number of carbonyl (C=O) groups is 1. The zero-order valence-electron chi connectivity index (χ0n) is 13.2. The summed E-state index contributed by atoms with van der Waals surface area (Å²) in [5, 5.41) is 18.7. The number of nitrogens with zero attached hydrogens (tertiary/aromatic N) is 2. The Morgan fingerprint density at radius 2 is 2.12 bits per heavy atom. The van der Waals surface area contributed by atoms with Gasteiger partial charge in [0.2, 0.25) is 0 Å². The van der Waals surface area contributed by atoms with E-state index in [1.54, 1.807) is 35.2 Å². The van der Waals surface area contributed by atoms with Crippen LogP contribution in [0.4, 0.5) is 0 Å². The summed E-state index contributed by atoms with van der Waals surface area (Å²) in [6.45, 7) is 1.21. The first-order valence-corrected chi connectivity index (χ1v) is 7.85. The first kappa shape index (κ1) is 16.0. The molecule has 5 heteroatoms. The lowest BCUT2D eigenvalue weighted by Gasteiger charge is -2.16. The van der Waals surface area contributed by atoms with Gasteiger partial charge in [0.25, 0.3) is 5.91 Å². The third-order valence-electron chi connectivity index (χ3n) is 4.06.